The highest BCUT2D eigenvalue weighted by molar-refractivity contribution is 5.44. The van der Waals surface area contributed by atoms with Crippen LogP contribution in [0.5, 0.6) is 11.5 Å². The van der Waals surface area contributed by atoms with Crippen LogP contribution in [0.4, 0.5) is 0 Å². The van der Waals surface area contributed by atoms with E-state index in [-0.39, 0.29) is 0 Å². The lowest BCUT2D eigenvalue weighted by Crippen LogP contribution is -2.53. The molecule has 1 aromatic rings. The average molecular weight is 248 g/mol. The van der Waals surface area contributed by atoms with E-state index in [4.69, 9.17) is 9.47 Å². The van der Waals surface area contributed by atoms with E-state index in [1.54, 1.807) is 0 Å². The minimum atomic E-state index is 0.347. The van der Waals surface area contributed by atoms with Crippen molar-refractivity contribution < 1.29 is 9.47 Å². The maximum absolute atomic E-state index is 5.42. The van der Waals surface area contributed by atoms with Crippen molar-refractivity contribution in [2.75, 3.05) is 19.9 Å². The standard InChI is InChI=1S/C14H20N2O2/c1-10-7-16(11(2)6-15-10)8-12-3-4-13-14(5-12)18-9-17-13/h3-5,10-11,15H,6-9H2,1-2H3. The molecule has 0 spiro atoms. The van der Waals surface area contributed by atoms with Gasteiger partial charge in [-0.1, -0.05) is 6.07 Å². The fourth-order valence-corrected chi connectivity index (χ4v) is 2.59. The molecule has 0 saturated carbocycles. The molecule has 2 heterocycles. The van der Waals surface area contributed by atoms with E-state index in [0.29, 0.717) is 18.9 Å². The molecule has 1 saturated heterocycles. The molecule has 4 heteroatoms. The second-order valence-electron chi connectivity index (χ2n) is 5.28. The lowest BCUT2D eigenvalue weighted by Gasteiger charge is -2.37. The van der Waals surface area contributed by atoms with Gasteiger partial charge in [-0.2, -0.15) is 0 Å². The van der Waals surface area contributed by atoms with Crippen molar-refractivity contribution in [3.8, 4) is 11.5 Å². The summed E-state index contributed by atoms with van der Waals surface area (Å²) in [5.41, 5.74) is 1.29. The highest BCUT2D eigenvalue weighted by Crippen LogP contribution is 2.33. The molecular weight excluding hydrogens is 228 g/mol. The molecule has 1 fully saturated rings. The molecule has 0 aliphatic carbocycles. The van der Waals surface area contributed by atoms with Gasteiger partial charge in [0.25, 0.3) is 0 Å². The SMILES string of the molecule is CC1CN(Cc2ccc3c(c2)OCO3)C(C)CN1. The van der Waals surface area contributed by atoms with Gasteiger partial charge in [-0.05, 0) is 31.5 Å². The Labute approximate surface area is 108 Å². The maximum atomic E-state index is 5.42. The number of hydrogen-bond acceptors (Lipinski definition) is 4. The molecule has 2 aliphatic rings. The van der Waals surface area contributed by atoms with Crippen LogP contribution < -0.4 is 14.8 Å². The first-order chi connectivity index (χ1) is 8.72. The number of fused-ring (bicyclic) bond motifs is 1. The fourth-order valence-electron chi connectivity index (χ4n) is 2.59. The Bertz CT molecular complexity index is 436. The predicted octanol–water partition coefficient (Wildman–Crippen LogP) is 1.60. The normalized spacial score (nSPS) is 27.4. The van der Waals surface area contributed by atoms with Crippen molar-refractivity contribution >= 4 is 0 Å². The molecule has 2 unspecified atom stereocenters. The highest BCUT2D eigenvalue weighted by atomic mass is 16.7. The van der Waals surface area contributed by atoms with Crippen molar-refractivity contribution in [1.82, 2.24) is 10.2 Å². The van der Waals surface area contributed by atoms with E-state index in [1.807, 2.05) is 6.07 Å². The summed E-state index contributed by atoms with van der Waals surface area (Å²) in [6, 6.07) is 7.38. The second-order valence-corrected chi connectivity index (χ2v) is 5.28. The summed E-state index contributed by atoms with van der Waals surface area (Å²) in [4.78, 5) is 2.51. The average Bonchev–Trinajstić information content (AvgIpc) is 2.81. The van der Waals surface area contributed by atoms with Crippen LogP contribution in [0.2, 0.25) is 0 Å². The van der Waals surface area contributed by atoms with Gasteiger partial charge in [-0.25, -0.2) is 0 Å². The zero-order chi connectivity index (χ0) is 12.5. The van der Waals surface area contributed by atoms with Gasteiger partial charge in [0.2, 0.25) is 6.79 Å². The van der Waals surface area contributed by atoms with Gasteiger partial charge < -0.3 is 14.8 Å². The predicted molar refractivity (Wildman–Crippen MR) is 69.9 cm³/mol. The van der Waals surface area contributed by atoms with Crippen molar-refractivity contribution in [2.45, 2.75) is 32.5 Å². The van der Waals surface area contributed by atoms with Crippen LogP contribution in [0.1, 0.15) is 19.4 Å². The Balaban J connectivity index is 1.72. The lowest BCUT2D eigenvalue weighted by molar-refractivity contribution is 0.138. The topological polar surface area (TPSA) is 33.7 Å². The number of nitrogens with one attached hydrogen (secondary N) is 1. The van der Waals surface area contributed by atoms with E-state index in [2.05, 4.69) is 36.2 Å². The van der Waals surface area contributed by atoms with E-state index in [9.17, 15) is 0 Å². The third-order valence-electron chi connectivity index (χ3n) is 3.72. The van der Waals surface area contributed by atoms with Crippen molar-refractivity contribution in [3.05, 3.63) is 23.8 Å². The Morgan fingerprint density at radius 3 is 3.00 bits per heavy atom. The molecule has 1 N–H and O–H groups in total. The summed E-state index contributed by atoms with van der Waals surface area (Å²) in [7, 11) is 0. The van der Waals surface area contributed by atoms with E-state index in [1.165, 1.54) is 5.56 Å². The summed E-state index contributed by atoms with van der Waals surface area (Å²) in [6.07, 6.45) is 0. The largest absolute Gasteiger partial charge is 0.454 e. The van der Waals surface area contributed by atoms with Crippen LogP contribution >= 0.6 is 0 Å². The summed E-state index contributed by atoms with van der Waals surface area (Å²) in [6.45, 7) is 7.98. The minimum Gasteiger partial charge on any atom is -0.454 e. The Morgan fingerprint density at radius 1 is 1.28 bits per heavy atom. The van der Waals surface area contributed by atoms with Gasteiger partial charge in [0.1, 0.15) is 0 Å². The summed E-state index contributed by atoms with van der Waals surface area (Å²) in [5.74, 6) is 1.74. The first kappa shape index (κ1) is 11.8. The minimum absolute atomic E-state index is 0.347. The van der Waals surface area contributed by atoms with Crippen molar-refractivity contribution in [1.29, 1.82) is 0 Å². The van der Waals surface area contributed by atoms with Gasteiger partial charge in [0.05, 0.1) is 0 Å². The number of benzene rings is 1. The number of nitrogens with zero attached hydrogens (tertiary/aromatic N) is 1. The van der Waals surface area contributed by atoms with Gasteiger partial charge in [0, 0.05) is 31.7 Å². The molecule has 0 amide bonds. The second kappa shape index (κ2) is 4.78. The Hall–Kier alpha value is -1.26. The fraction of sp³-hybridized carbons (Fsp3) is 0.571. The molecule has 1 aromatic carbocycles. The van der Waals surface area contributed by atoms with Crippen LogP contribution in [0, 0.1) is 0 Å². The van der Waals surface area contributed by atoms with Gasteiger partial charge >= 0.3 is 0 Å². The molecular formula is C14H20N2O2. The lowest BCUT2D eigenvalue weighted by atomic mass is 10.1. The Morgan fingerprint density at radius 2 is 2.11 bits per heavy atom. The van der Waals surface area contributed by atoms with Crippen LogP contribution in [0.25, 0.3) is 0 Å². The van der Waals surface area contributed by atoms with Crippen molar-refractivity contribution in [3.63, 3.8) is 0 Å². The highest BCUT2D eigenvalue weighted by Gasteiger charge is 2.23. The molecule has 98 valence electrons. The zero-order valence-electron chi connectivity index (χ0n) is 11.0. The molecule has 3 rings (SSSR count). The maximum Gasteiger partial charge on any atom is 0.231 e. The Kier molecular flexibility index (Phi) is 3.14. The number of piperazine rings is 1. The van der Waals surface area contributed by atoms with Crippen LogP contribution in [0.3, 0.4) is 0 Å². The smallest absolute Gasteiger partial charge is 0.231 e. The third-order valence-corrected chi connectivity index (χ3v) is 3.72. The van der Waals surface area contributed by atoms with Crippen LogP contribution in [-0.2, 0) is 6.54 Å². The third kappa shape index (κ3) is 2.31. The molecule has 2 aliphatic heterocycles. The van der Waals surface area contributed by atoms with Crippen LogP contribution in [-0.4, -0.2) is 36.9 Å². The van der Waals surface area contributed by atoms with E-state index in [0.717, 1.165) is 31.1 Å². The number of rotatable bonds is 2. The summed E-state index contributed by atoms with van der Waals surface area (Å²) >= 11 is 0. The monoisotopic (exact) mass is 248 g/mol. The van der Waals surface area contributed by atoms with Gasteiger partial charge in [-0.3, -0.25) is 4.90 Å². The molecule has 4 nitrogen and oxygen atoms in total. The summed E-state index contributed by atoms with van der Waals surface area (Å²) in [5, 5.41) is 3.50. The number of ether oxygens (including phenoxy) is 2. The van der Waals surface area contributed by atoms with Gasteiger partial charge in [-0.15, -0.1) is 0 Å². The van der Waals surface area contributed by atoms with Crippen LogP contribution in [0.15, 0.2) is 18.2 Å². The first-order valence-electron chi connectivity index (χ1n) is 6.58. The van der Waals surface area contributed by atoms with E-state index >= 15 is 0 Å². The zero-order valence-corrected chi connectivity index (χ0v) is 11.0. The molecule has 0 radical (unpaired) electrons. The summed E-state index contributed by atoms with van der Waals surface area (Å²) < 4.78 is 10.8. The molecule has 0 bridgehead atoms. The first-order valence-corrected chi connectivity index (χ1v) is 6.58. The van der Waals surface area contributed by atoms with Crippen molar-refractivity contribution in [2.24, 2.45) is 0 Å². The number of hydrogen-bond donors (Lipinski definition) is 1. The molecule has 2 atom stereocenters. The molecule has 0 aromatic heterocycles. The van der Waals surface area contributed by atoms with Gasteiger partial charge in [0.15, 0.2) is 11.5 Å². The van der Waals surface area contributed by atoms with E-state index < -0.39 is 0 Å². The quantitative estimate of drug-likeness (QED) is 0.862. The molecule has 18 heavy (non-hydrogen) atoms.